The third kappa shape index (κ3) is 3.02. The van der Waals surface area contributed by atoms with Gasteiger partial charge in [0.1, 0.15) is 11.6 Å². The van der Waals surface area contributed by atoms with Crippen LogP contribution in [-0.4, -0.2) is 28.9 Å². The Kier molecular flexibility index (Phi) is 4.33. The van der Waals surface area contributed by atoms with E-state index in [0.717, 1.165) is 0 Å². The van der Waals surface area contributed by atoms with Crippen molar-refractivity contribution in [2.24, 2.45) is 5.92 Å². The first-order valence-corrected chi connectivity index (χ1v) is 7.71. The lowest BCUT2D eigenvalue weighted by Gasteiger charge is -2.38. The molecule has 2 heterocycles. The molecule has 2 aromatic rings. The third-order valence-electron chi connectivity index (χ3n) is 4.30. The number of nitrogens with zero attached hydrogens (tertiary/aromatic N) is 2. The Balaban J connectivity index is 1.90. The van der Waals surface area contributed by atoms with E-state index in [4.69, 9.17) is 4.52 Å². The zero-order valence-electron chi connectivity index (χ0n) is 13.5. The van der Waals surface area contributed by atoms with Crippen LogP contribution < -0.4 is 5.32 Å². The Morgan fingerprint density at radius 3 is 2.83 bits per heavy atom. The van der Waals surface area contributed by atoms with E-state index in [1.807, 2.05) is 0 Å². The summed E-state index contributed by atoms with van der Waals surface area (Å²) in [4.78, 5) is 26.2. The lowest BCUT2D eigenvalue weighted by atomic mass is 9.83. The normalized spacial score (nSPS) is 21.0. The number of carbonyl (C=O) groups excluding carboxylic acids is 2. The van der Waals surface area contributed by atoms with Crippen molar-refractivity contribution in [3.8, 4) is 0 Å². The van der Waals surface area contributed by atoms with Gasteiger partial charge in [-0.05, 0) is 19.4 Å². The van der Waals surface area contributed by atoms with Crippen LogP contribution in [0.15, 0.2) is 34.9 Å². The fourth-order valence-corrected chi connectivity index (χ4v) is 3.10. The highest BCUT2D eigenvalue weighted by Crippen LogP contribution is 2.37. The maximum absolute atomic E-state index is 14.2. The molecule has 1 aliphatic heterocycles. The van der Waals surface area contributed by atoms with E-state index in [1.54, 1.807) is 38.2 Å². The Morgan fingerprint density at radius 2 is 2.17 bits per heavy atom. The minimum atomic E-state index is -0.652. The van der Waals surface area contributed by atoms with Gasteiger partial charge in [0.2, 0.25) is 11.8 Å². The van der Waals surface area contributed by atoms with Crippen molar-refractivity contribution in [3.05, 3.63) is 47.5 Å². The third-order valence-corrected chi connectivity index (χ3v) is 4.30. The zero-order chi connectivity index (χ0) is 17.3. The monoisotopic (exact) mass is 331 g/mol. The SMILES string of the molecule is Cc1cc(NC(=O)[C@@H]2CCC(=O)N(C)[C@H]2c2ccccc2F)no1. The number of hydrogen-bond acceptors (Lipinski definition) is 4. The average molecular weight is 331 g/mol. The summed E-state index contributed by atoms with van der Waals surface area (Å²) in [5.41, 5.74) is 0.338. The second kappa shape index (κ2) is 6.43. The Labute approximate surface area is 138 Å². The summed E-state index contributed by atoms with van der Waals surface area (Å²) >= 11 is 0. The maximum Gasteiger partial charge on any atom is 0.231 e. The van der Waals surface area contributed by atoms with Gasteiger partial charge in [0.15, 0.2) is 5.82 Å². The van der Waals surface area contributed by atoms with E-state index >= 15 is 0 Å². The number of amides is 2. The average Bonchev–Trinajstić information content (AvgIpc) is 2.95. The molecule has 1 aromatic heterocycles. The van der Waals surface area contributed by atoms with Crippen LogP contribution in [0.4, 0.5) is 10.2 Å². The van der Waals surface area contributed by atoms with Crippen molar-refractivity contribution in [1.29, 1.82) is 0 Å². The molecule has 0 aliphatic carbocycles. The number of benzene rings is 1. The number of aromatic nitrogens is 1. The molecular weight excluding hydrogens is 313 g/mol. The van der Waals surface area contributed by atoms with Gasteiger partial charge in [0.25, 0.3) is 0 Å². The van der Waals surface area contributed by atoms with Crippen LogP contribution in [0.1, 0.15) is 30.2 Å². The van der Waals surface area contributed by atoms with Crippen molar-refractivity contribution in [3.63, 3.8) is 0 Å². The van der Waals surface area contributed by atoms with Gasteiger partial charge in [-0.15, -0.1) is 0 Å². The molecule has 1 fully saturated rings. The molecule has 126 valence electrons. The van der Waals surface area contributed by atoms with E-state index in [9.17, 15) is 14.0 Å². The van der Waals surface area contributed by atoms with Gasteiger partial charge in [-0.25, -0.2) is 4.39 Å². The van der Waals surface area contributed by atoms with Crippen LogP contribution in [0.2, 0.25) is 0 Å². The highest BCUT2D eigenvalue weighted by atomic mass is 19.1. The molecular formula is C17H18FN3O3. The van der Waals surface area contributed by atoms with Gasteiger partial charge < -0.3 is 14.7 Å². The molecule has 3 rings (SSSR count). The van der Waals surface area contributed by atoms with Crippen LogP contribution in [-0.2, 0) is 9.59 Å². The Bertz CT molecular complexity index is 774. The molecule has 0 bridgehead atoms. The van der Waals surface area contributed by atoms with Crippen LogP contribution in [0.25, 0.3) is 0 Å². The number of hydrogen-bond donors (Lipinski definition) is 1. The largest absolute Gasteiger partial charge is 0.360 e. The fourth-order valence-electron chi connectivity index (χ4n) is 3.10. The van der Waals surface area contributed by atoms with E-state index in [0.29, 0.717) is 23.6 Å². The van der Waals surface area contributed by atoms with Crippen LogP contribution >= 0.6 is 0 Å². The maximum atomic E-state index is 14.2. The second-order valence-corrected chi connectivity index (χ2v) is 5.93. The van der Waals surface area contributed by atoms with Gasteiger partial charge in [-0.3, -0.25) is 9.59 Å². The van der Waals surface area contributed by atoms with Crippen molar-refractivity contribution in [2.45, 2.75) is 25.8 Å². The fraction of sp³-hybridized carbons (Fsp3) is 0.353. The molecule has 2 amide bonds. The van der Waals surface area contributed by atoms with Gasteiger partial charge in [0.05, 0.1) is 12.0 Å². The molecule has 0 saturated carbocycles. The molecule has 24 heavy (non-hydrogen) atoms. The Morgan fingerprint density at radius 1 is 1.42 bits per heavy atom. The number of nitrogens with one attached hydrogen (secondary N) is 1. The van der Waals surface area contributed by atoms with E-state index in [1.165, 1.54) is 11.0 Å². The highest BCUT2D eigenvalue weighted by Gasteiger charge is 2.40. The van der Waals surface area contributed by atoms with Crippen molar-refractivity contribution >= 4 is 17.6 Å². The van der Waals surface area contributed by atoms with Crippen LogP contribution in [0, 0.1) is 18.7 Å². The summed E-state index contributed by atoms with van der Waals surface area (Å²) < 4.78 is 19.2. The minimum Gasteiger partial charge on any atom is -0.360 e. The standard InChI is InChI=1S/C17H18FN3O3/c1-10-9-14(20-24-10)19-17(23)12-7-8-15(22)21(2)16(12)11-5-3-4-6-13(11)18/h3-6,9,12,16H,7-8H2,1-2H3,(H,19,20,23)/t12-,16+/m1/s1. The summed E-state index contributed by atoms with van der Waals surface area (Å²) in [6.45, 7) is 1.72. The first kappa shape index (κ1) is 16.2. The quantitative estimate of drug-likeness (QED) is 0.938. The van der Waals surface area contributed by atoms with Gasteiger partial charge in [0, 0.05) is 25.1 Å². The van der Waals surface area contributed by atoms with E-state index in [-0.39, 0.29) is 18.2 Å². The number of aryl methyl sites for hydroxylation is 1. The van der Waals surface area contributed by atoms with E-state index < -0.39 is 17.8 Å². The van der Waals surface area contributed by atoms with Crippen molar-refractivity contribution < 1.29 is 18.5 Å². The molecule has 7 heteroatoms. The molecule has 2 atom stereocenters. The number of anilines is 1. The molecule has 1 N–H and O–H groups in total. The molecule has 0 spiro atoms. The molecule has 1 saturated heterocycles. The zero-order valence-corrected chi connectivity index (χ0v) is 13.5. The summed E-state index contributed by atoms with van der Waals surface area (Å²) in [5.74, 6) is -0.530. The Hall–Kier alpha value is -2.70. The summed E-state index contributed by atoms with van der Waals surface area (Å²) in [5, 5.41) is 6.42. The second-order valence-electron chi connectivity index (χ2n) is 5.93. The predicted molar refractivity (Wildman–Crippen MR) is 84.5 cm³/mol. The molecule has 1 aromatic carbocycles. The predicted octanol–water partition coefficient (Wildman–Crippen LogP) is 2.67. The first-order chi connectivity index (χ1) is 11.5. The summed E-state index contributed by atoms with van der Waals surface area (Å²) in [6, 6.07) is 7.17. The number of likely N-dealkylation sites (tertiary alicyclic amines) is 1. The van der Waals surface area contributed by atoms with Crippen molar-refractivity contribution in [2.75, 3.05) is 12.4 Å². The number of carbonyl (C=O) groups is 2. The highest BCUT2D eigenvalue weighted by molar-refractivity contribution is 5.94. The van der Waals surface area contributed by atoms with Gasteiger partial charge >= 0.3 is 0 Å². The minimum absolute atomic E-state index is 0.107. The summed E-state index contributed by atoms with van der Waals surface area (Å²) in [6.07, 6.45) is 0.599. The first-order valence-electron chi connectivity index (χ1n) is 7.71. The topological polar surface area (TPSA) is 75.4 Å². The number of piperidine rings is 1. The number of rotatable bonds is 3. The van der Waals surface area contributed by atoms with Crippen LogP contribution in [0.3, 0.4) is 0 Å². The van der Waals surface area contributed by atoms with Gasteiger partial charge in [-0.1, -0.05) is 23.4 Å². The van der Waals surface area contributed by atoms with Crippen LogP contribution in [0.5, 0.6) is 0 Å². The smallest absolute Gasteiger partial charge is 0.231 e. The van der Waals surface area contributed by atoms with Crippen molar-refractivity contribution in [1.82, 2.24) is 10.1 Å². The molecule has 1 aliphatic rings. The lowest BCUT2D eigenvalue weighted by Crippen LogP contribution is -2.45. The lowest BCUT2D eigenvalue weighted by molar-refractivity contribution is -0.140. The van der Waals surface area contributed by atoms with E-state index in [2.05, 4.69) is 10.5 Å². The molecule has 6 nitrogen and oxygen atoms in total. The molecule has 0 radical (unpaired) electrons. The number of halogens is 1. The summed E-state index contributed by atoms with van der Waals surface area (Å²) in [7, 11) is 1.60. The molecule has 0 unspecified atom stereocenters. The van der Waals surface area contributed by atoms with Gasteiger partial charge in [-0.2, -0.15) is 0 Å².